The standard InChI is InChI=1S/C23H30N4O3S/c1-3-16(4-2)22(27-14-24-25-15-27)17-10-11-19-20(12-17)31-23(26-19)29-13-21(28)30-18-8-6-5-7-9-18/h10-12,14-16,18,22H,3-9,13H2,1-2H3. The predicted octanol–water partition coefficient (Wildman–Crippen LogP) is 5.17. The lowest BCUT2D eigenvalue weighted by molar-refractivity contribution is -0.152. The zero-order valence-electron chi connectivity index (χ0n) is 18.2. The Hall–Kier alpha value is -2.48. The van der Waals surface area contributed by atoms with Crippen LogP contribution >= 0.6 is 11.3 Å². The van der Waals surface area contributed by atoms with Crippen LogP contribution < -0.4 is 4.74 Å². The van der Waals surface area contributed by atoms with Gasteiger partial charge in [0, 0.05) is 0 Å². The number of rotatable bonds is 9. The van der Waals surface area contributed by atoms with E-state index in [0.717, 1.165) is 48.7 Å². The first-order valence-electron chi connectivity index (χ1n) is 11.2. The maximum Gasteiger partial charge on any atom is 0.344 e. The summed E-state index contributed by atoms with van der Waals surface area (Å²) in [6, 6.07) is 6.48. The third kappa shape index (κ3) is 5.23. The van der Waals surface area contributed by atoms with E-state index >= 15 is 0 Å². The van der Waals surface area contributed by atoms with Gasteiger partial charge in [0.05, 0.1) is 16.3 Å². The molecule has 166 valence electrons. The fourth-order valence-electron chi connectivity index (χ4n) is 4.46. The zero-order chi connectivity index (χ0) is 21.6. The number of fused-ring (bicyclic) bond motifs is 1. The summed E-state index contributed by atoms with van der Waals surface area (Å²) in [4.78, 5) is 16.7. The Labute approximate surface area is 186 Å². The third-order valence-electron chi connectivity index (χ3n) is 6.15. The number of thiazole rings is 1. The molecule has 2 heterocycles. The van der Waals surface area contributed by atoms with Crippen molar-refractivity contribution in [3.63, 3.8) is 0 Å². The Kier molecular flexibility index (Phi) is 7.17. The summed E-state index contributed by atoms with van der Waals surface area (Å²) in [5.74, 6) is 0.167. The highest BCUT2D eigenvalue weighted by Crippen LogP contribution is 2.35. The number of nitrogens with zero attached hydrogens (tertiary/aromatic N) is 4. The van der Waals surface area contributed by atoms with Crippen molar-refractivity contribution in [3.8, 4) is 5.19 Å². The van der Waals surface area contributed by atoms with Crippen LogP contribution in [0.5, 0.6) is 5.19 Å². The lowest BCUT2D eigenvalue weighted by Gasteiger charge is -2.26. The van der Waals surface area contributed by atoms with E-state index in [1.807, 2.05) is 6.07 Å². The summed E-state index contributed by atoms with van der Waals surface area (Å²) >= 11 is 1.46. The highest BCUT2D eigenvalue weighted by Gasteiger charge is 2.23. The molecule has 0 amide bonds. The van der Waals surface area contributed by atoms with E-state index < -0.39 is 0 Å². The summed E-state index contributed by atoms with van der Waals surface area (Å²) in [7, 11) is 0. The highest BCUT2D eigenvalue weighted by molar-refractivity contribution is 7.20. The topological polar surface area (TPSA) is 79.1 Å². The molecule has 3 aromatic rings. The largest absolute Gasteiger partial charge is 0.460 e. The normalized spacial score (nSPS) is 16.0. The van der Waals surface area contributed by atoms with Crippen molar-refractivity contribution in [2.45, 2.75) is 70.9 Å². The van der Waals surface area contributed by atoms with Crippen LogP contribution in [0.3, 0.4) is 0 Å². The molecule has 2 aromatic heterocycles. The van der Waals surface area contributed by atoms with Crippen molar-refractivity contribution in [2.75, 3.05) is 6.61 Å². The number of aromatic nitrogens is 4. The van der Waals surface area contributed by atoms with Crippen molar-refractivity contribution < 1.29 is 14.3 Å². The molecule has 1 aliphatic rings. The van der Waals surface area contributed by atoms with Crippen molar-refractivity contribution in [3.05, 3.63) is 36.4 Å². The molecule has 8 heteroatoms. The van der Waals surface area contributed by atoms with Gasteiger partial charge >= 0.3 is 5.97 Å². The highest BCUT2D eigenvalue weighted by atomic mass is 32.1. The number of hydrogen-bond acceptors (Lipinski definition) is 7. The minimum atomic E-state index is -0.312. The second-order valence-electron chi connectivity index (χ2n) is 8.18. The molecule has 1 atom stereocenters. The molecule has 1 saturated carbocycles. The molecule has 1 aliphatic carbocycles. The van der Waals surface area contributed by atoms with E-state index in [0.29, 0.717) is 11.1 Å². The van der Waals surface area contributed by atoms with Crippen molar-refractivity contribution in [1.29, 1.82) is 0 Å². The van der Waals surface area contributed by atoms with Crippen LogP contribution in [0.2, 0.25) is 0 Å². The molecular weight excluding hydrogens is 412 g/mol. The predicted molar refractivity (Wildman–Crippen MR) is 120 cm³/mol. The summed E-state index contributed by atoms with van der Waals surface area (Å²) in [6.07, 6.45) is 11.2. The van der Waals surface area contributed by atoms with E-state index in [1.54, 1.807) is 12.7 Å². The second-order valence-corrected chi connectivity index (χ2v) is 9.17. The molecule has 0 radical (unpaired) electrons. The Bertz CT molecular complexity index is 978. The minimum Gasteiger partial charge on any atom is -0.460 e. The zero-order valence-corrected chi connectivity index (χ0v) is 19.0. The number of benzene rings is 1. The molecule has 0 aliphatic heterocycles. The Balaban J connectivity index is 1.46. The van der Waals surface area contributed by atoms with E-state index in [2.05, 4.69) is 45.7 Å². The Morgan fingerprint density at radius 2 is 1.90 bits per heavy atom. The van der Waals surface area contributed by atoms with Crippen LogP contribution in [0.1, 0.15) is 70.4 Å². The van der Waals surface area contributed by atoms with Gasteiger partial charge in [0.2, 0.25) is 0 Å². The Morgan fingerprint density at radius 1 is 1.16 bits per heavy atom. The van der Waals surface area contributed by atoms with Crippen LogP contribution in [0, 0.1) is 5.92 Å². The van der Waals surface area contributed by atoms with E-state index in [4.69, 9.17) is 9.47 Å². The number of esters is 1. The number of carbonyl (C=O) groups excluding carboxylic acids is 1. The van der Waals surface area contributed by atoms with Crippen LogP contribution in [0.15, 0.2) is 30.9 Å². The molecule has 31 heavy (non-hydrogen) atoms. The molecule has 0 bridgehead atoms. The van der Waals surface area contributed by atoms with Crippen LogP contribution in [-0.2, 0) is 9.53 Å². The quantitative estimate of drug-likeness (QED) is 0.426. The van der Waals surface area contributed by atoms with Crippen molar-refractivity contribution >= 4 is 27.5 Å². The van der Waals surface area contributed by atoms with Gasteiger partial charge in [0.25, 0.3) is 5.19 Å². The van der Waals surface area contributed by atoms with Gasteiger partial charge < -0.3 is 14.0 Å². The first kappa shape index (κ1) is 21.7. The molecular formula is C23H30N4O3S. The SMILES string of the molecule is CCC(CC)C(c1ccc2nc(OCC(=O)OC3CCCCC3)sc2c1)n1cnnc1. The average molecular weight is 443 g/mol. The molecule has 1 fully saturated rings. The first-order valence-corrected chi connectivity index (χ1v) is 12.1. The fourth-order valence-corrected chi connectivity index (χ4v) is 5.33. The third-order valence-corrected chi connectivity index (χ3v) is 7.08. The summed E-state index contributed by atoms with van der Waals surface area (Å²) in [6.45, 7) is 4.34. The van der Waals surface area contributed by atoms with Gasteiger partial charge in [-0.3, -0.25) is 0 Å². The molecule has 0 N–H and O–H groups in total. The second kappa shape index (κ2) is 10.2. The van der Waals surface area contributed by atoms with Gasteiger partial charge in [0.15, 0.2) is 6.61 Å². The summed E-state index contributed by atoms with van der Waals surface area (Å²) in [5, 5.41) is 8.51. The lowest BCUT2D eigenvalue weighted by atomic mass is 9.88. The number of ether oxygens (including phenoxy) is 2. The van der Waals surface area contributed by atoms with E-state index in [1.165, 1.54) is 23.3 Å². The minimum absolute atomic E-state index is 0.0439. The average Bonchev–Trinajstić information content (AvgIpc) is 3.46. The molecule has 4 rings (SSSR count). The number of carbonyl (C=O) groups is 1. The van der Waals surface area contributed by atoms with Crippen molar-refractivity contribution in [2.24, 2.45) is 5.92 Å². The molecule has 0 saturated heterocycles. The lowest BCUT2D eigenvalue weighted by Crippen LogP contribution is -2.24. The van der Waals surface area contributed by atoms with Crippen LogP contribution in [0.4, 0.5) is 0 Å². The fraction of sp³-hybridized carbons (Fsp3) is 0.565. The van der Waals surface area contributed by atoms with Gasteiger partial charge in [-0.15, -0.1) is 10.2 Å². The van der Waals surface area contributed by atoms with Crippen LogP contribution in [-0.4, -0.2) is 38.4 Å². The molecule has 0 spiro atoms. The Morgan fingerprint density at radius 3 is 2.61 bits per heavy atom. The van der Waals surface area contributed by atoms with Crippen LogP contribution in [0.25, 0.3) is 10.2 Å². The monoisotopic (exact) mass is 442 g/mol. The van der Waals surface area contributed by atoms with E-state index in [-0.39, 0.29) is 24.7 Å². The maximum absolute atomic E-state index is 12.1. The van der Waals surface area contributed by atoms with Crippen molar-refractivity contribution in [1.82, 2.24) is 19.7 Å². The van der Waals surface area contributed by atoms with Gasteiger partial charge in [-0.2, -0.15) is 0 Å². The van der Waals surface area contributed by atoms with Gasteiger partial charge in [0.1, 0.15) is 18.8 Å². The summed E-state index contributed by atoms with van der Waals surface area (Å²) < 4.78 is 14.3. The molecule has 7 nitrogen and oxygen atoms in total. The maximum atomic E-state index is 12.1. The van der Waals surface area contributed by atoms with Gasteiger partial charge in [-0.25, -0.2) is 9.78 Å². The first-order chi connectivity index (χ1) is 15.2. The molecule has 1 aromatic carbocycles. The molecule has 1 unspecified atom stereocenters. The smallest absolute Gasteiger partial charge is 0.344 e. The number of hydrogen-bond donors (Lipinski definition) is 0. The van der Waals surface area contributed by atoms with Gasteiger partial charge in [-0.1, -0.05) is 50.5 Å². The summed E-state index contributed by atoms with van der Waals surface area (Å²) in [5.41, 5.74) is 2.07. The van der Waals surface area contributed by atoms with E-state index in [9.17, 15) is 4.79 Å². The van der Waals surface area contributed by atoms with Gasteiger partial charge in [-0.05, 0) is 49.3 Å².